The van der Waals surface area contributed by atoms with Gasteiger partial charge in [-0.05, 0) is 25.8 Å². The third kappa shape index (κ3) is 4.61. The summed E-state index contributed by atoms with van der Waals surface area (Å²) in [4.78, 5) is 13.8. The van der Waals surface area contributed by atoms with E-state index in [9.17, 15) is 4.79 Å². The molecular formula is C11H24N2O. The van der Waals surface area contributed by atoms with E-state index in [0.717, 1.165) is 19.5 Å². The minimum Gasteiger partial charge on any atom is -0.342 e. The highest BCUT2D eigenvalue weighted by Crippen LogP contribution is 2.08. The molecule has 0 aliphatic heterocycles. The summed E-state index contributed by atoms with van der Waals surface area (Å²) >= 11 is 0. The first-order valence-corrected chi connectivity index (χ1v) is 5.51. The molecule has 0 aromatic carbocycles. The number of rotatable bonds is 6. The van der Waals surface area contributed by atoms with Crippen LogP contribution in [0.1, 0.15) is 34.1 Å². The van der Waals surface area contributed by atoms with Crippen molar-refractivity contribution in [2.75, 3.05) is 19.6 Å². The lowest BCUT2D eigenvalue weighted by Crippen LogP contribution is -2.38. The van der Waals surface area contributed by atoms with E-state index >= 15 is 0 Å². The van der Waals surface area contributed by atoms with Crippen LogP contribution < -0.4 is 5.73 Å². The van der Waals surface area contributed by atoms with E-state index in [0.29, 0.717) is 12.5 Å². The largest absolute Gasteiger partial charge is 0.342 e. The normalized spacial score (nSPS) is 13.0. The molecule has 0 spiro atoms. The number of nitrogens with zero attached hydrogens (tertiary/aromatic N) is 1. The van der Waals surface area contributed by atoms with Crippen molar-refractivity contribution in [1.29, 1.82) is 0 Å². The van der Waals surface area contributed by atoms with Crippen molar-refractivity contribution in [3.63, 3.8) is 0 Å². The molecule has 3 heteroatoms. The fourth-order valence-corrected chi connectivity index (χ4v) is 1.50. The van der Waals surface area contributed by atoms with Gasteiger partial charge < -0.3 is 10.6 Å². The predicted octanol–water partition coefficient (Wildman–Crippen LogP) is 1.48. The molecule has 3 nitrogen and oxygen atoms in total. The van der Waals surface area contributed by atoms with Gasteiger partial charge >= 0.3 is 0 Å². The molecule has 0 fully saturated rings. The quantitative estimate of drug-likeness (QED) is 0.706. The number of nitrogens with two attached hydrogens (primary N) is 1. The molecule has 0 radical (unpaired) electrons. The molecule has 1 unspecified atom stereocenters. The van der Waals surface area contributed by atoms with Gasteiger partial charge in [0, 0.05) is 19.0 Å². The van der Waals surface area contributed by atoms with Crippen LogP contribution in [0.25, 0.3) is 0 Å². The first-order valence-electron chi connectivity index (χ1n) is 5.51. The average Bonchev–Trinajstić information content (AvgIpc) is 2.13. The van der Waals surface area contributed by atoms with Crippen LogP contribution in [-0.2, 0) is 4.79 Å². The van der Waals surface area contributed by atoms with Crippen molar-refractivity contribution in [3.8, 4) is 0 Å². The highest BCUT2D eigenvalue weighted by molar-refractivity contribution is 5.78. The molecule has 0 heterocycles. The van der Waals surface area contributed by atoms with E-state index in [-0.39, 0.29) is 11.8 Å². The Kier molecular flexibility index (Phi) is 6.54. The van der Waals surface area contributed by atoms with E-state index < -0.39 is 0 Å². The fraction of sp³-hybridized carbons (Fsp3) is 0.909. The van der Waals surface area contributed by atoms with Crippen LogP contribution in [-0.4, -0.2) is 30.4 Å². The lowest BCUT2D eigenvalue weighted by atomic mass is 10.1. The Labute approximate surface area is 87.6 Å². The smallest absolute Gasteiger partial charge is 0.225 e. The fourth-order valence-electron chi connectivity index (χ4n) is 1.50. The molecular weight excluding hydrogens is 176 g/mol. The second-order valence-electron chi connectivity index (χ2n) is 4.25. The van der Waals surface area contributed by atoms with Gasteiger partial charge in [-0.2, -0.15) is 0 Å². The van der Waals surface area contributed by atoms with Crippen molar-refractivity contribution >= 4 is 5.91 Å². The molecule has 0 aliphatic rings. The van der Waals surface area contributed by atoms with Crippen molar-refractivity contribution in [2.45, 2.75) is 34.1 Å². The maximum atomic E-state index is 11.9. The average molecular weight is 200 g/mol. The zero-order chi connectivity index (χ0) is 11.1. The van der Waals surface area contributed by atoms with E-state index in [1.807, 2.05) is 18.7 Å². The second-order valence-corrected chi connectivity index (χ2v) is 4.25. The summed E-state index contributed by atoms with van der Waals surface area (Å²) in [5.74, 6) is 0.842. The molecule has 0 aliphatic carbocycles. The van der Waals surface area contributed by atoms with E-state index in [2.05, 4.69) is 13.8 Å². The van der Waals surface area contributed by atoms with Gasteiger partial charge in [0.25, 0.3) is 0 Å². The predicted molar refractivity (Wildman–Crippen MR) is 59.9 cm³/mol. The molecule has 0 saturated carbocycles. The zero-order valence-corrected chi connectivity index (χ0v) is 9.92. The Hall–Kier alpha value is -0.570. The van der Waals surface area contributed by atoms with Crippen molar-refractivity contribution in [3.05, 3.63) is 0 Å². The van der Waals surface area contributed by atoms with Crippen LogP contribution in [0.4, 0.5) is 0 Å². The summed E-state index contributed by atoms with van der Waals surface area (Å²) in [7, 11) is 0. The summed E-state index contributed by atoms with van der Waals surface area (Å²) in [6.45, 7) is 10.5. The first-order chi connectivity index (χ1) is 6.52. The highest BCUT2D eigenvalue weighted by atomic mass is 16.2. The number of carbonyl (C=O) groups excluding carboxylic acids is 1. The van der Waals surface area contributed by atoms with Gasteiger partial charge in [0.2, 0.25) is 5.91 Å². The minimum absolute atomic E-state index is 0.0682. The van der Waals surface area contributed by atoms with Gasteiger partial charge in [-0.3, -0.25) is 4.79 Å². The summed E-state index contributed by atoms with van der Waals surface area (Å²) in [6, 6.07) is 0. The molecule has 14 heavy (non-hydrogen) atoms. The van der Waals surface area contributed by atoms with Gasteiger partial charge in [0.15, 0.2) is 0 Å². The molecule has 0 saturated heterocycles. The Bertz CT molecular complexity index is 169. The lowest BCUT2D eigenvalue weighted by molar-refractivity contribution is -0.135. The van der Waals surface area contributed by atoms with Crippen LogP contribution in [0.15, 0.2) is 0 Å². The molecule has 1 atom stereocenters. The molecule has 0 aromatic rings. The van der Waals surface area contributed by atoms with Crippen LogP contribution in [0.5, 0.6) is 0 Å². The van der Waals surface area contributed by atoms with E-state index in [4.69, 9.17) is 5.73 Å². The minimum atomic E-state index is 0.0682. The summed E-state index contributed by atoms with van der Waals surface area (Å²) in [5, 5.41) is 0. The van der Waals surface area contributed by atoms with E-state index in [1.54, 1.807) is 0 Å². The maximum absolute atomic E-state index is 11.9. The monoisotopic (exact) mass is 200 g/mol. The number of amides is 1. The lowest BCUT2D eigenvalue weighted by Gasteiger charge is -2.25. The number of hydrogen-bond donors (Lipinski definition) is 1. The van der Waals surface area contributed by atoms with Crippen molar-refractivity contribution in [2.24, 2.45) is 17.6 Å². The van der Waals surface area contributed by atoms with Crippen LogP contribution >= 0.6 is 0 Å². The summed E-state index contributed by atoms with van der Waals surface area (Å²) < 4.78 is 0. The second kappa shape index (κ2) is 6.82. The van der Waals surface area contributed by atoms with Crippen LogP contribution in [0.3, 0.4) is 0 Å². The molecule has 1 amide bonds. The van der Waals surface area contributed by atoms with Gasteiger partial charge in [-0.25, -0.2) is 0 Å². The maximum Gasteiger partial charge on any atom is 0.225 e. The third-order valence-electron chi connectivity index (χ3n) is 2.30. The van der Waals surface area contributed by atoms with Crippen LogP contribution in [0.2, 0.25) is 0 Å². The highest BCUT2D eigenvalue weighted by Gasteiger charge is 2.18. The Balaban J connectivity index is 4.15. The van der Waals surface area contributed by atoms with Gasteiger partial charge in [0.1, 0.15) is 0 Å². The van der Waals surface area contributed by atoms with Crippen molar-refractivity contribution < 1.29 is 4.79 Å². The van der Waals surface area contributed by atoms with Crippen LogP contribution in [0, 0.1) is 11.8 Å². The zero-order valence-electron chi connectivity index (χ0n) is 9.92. The third-order valence-corrected chi connectivity index (χ3v) is 2.30. The van der Waals surface area contributed by atoms with Gasteiger partial charge in [-0.15, -0.1) is 0 Å². The molecule has 84 valence electrons. The van der Waals surface area contributed by atoms with Gasteiger partial charge in [-0.1, -0.05) is 20.8 Å². The molecule has 0 bridgehead atoms. The molecule has 0 aromatic heterocycles. The Morgan fingerprint density at radius 1 is 1.36 bits per heavy atom. The SMILES string of the molecule is CCN(CC(C)C)C(=O)C(C)CCN. The van der Waals surface area contributed by atoms with Gasteiger partial charge in [0.05, 0.1) is 0 Å². The summed E-state index contributed by atoms with van der Waals surface area (Å²) in [5.41, 5.74) is 5.44. The Morgan fingerprint density at radius 3 is 2.29 bits per heavy atom. The first kappa shape index (κ1) is 13.4. The Morgan fingerprint density at radius 2 is 1.93 bits per heavy atom. The van der Waals surface area contributed by atoms with E-state index in [1.165, 1.54) is 0 Å². The topological polar surface area (TPSA) is 46.3 Å². The molecule has 0 rings (SSSR count). The summed E-state index contributed by atoms with van der Waals surface area (Å²) in [6.07, 6.45) is 0.785. The number of hydrogen-bond acceptors (Lipinski definition) is 2. The van der Waals surface area contributed by atoms with Crippen molar-refractivity contribution in [1.82, 2.24) is 4.90 Å². The number of carbonyl (C=O) groups is 1. The standard InChI is InChI=1S/C11H24N2O/c1-5-13(8-9(2)3)11(14)10(4)6-7-12/h9-10H,5-8,12H2,1-4H3. The molecule has 2 N–H and O–H groups in total.